The Kier molecular flexibility index (Phi) is 14.3. The Balaban J connectivity index is 0.888. The SMILES string of the molecule is Cc1c(Oc2ccccc2CCCC(=O)Nc2ccc3c(C4CCC(=O)NC4=O)nn(C)c3c2)cccc1-c1c(C(C)(C)C)cc(N2CCc3cccc(C(=O)Nc4nc5ccccc5s4)c3C2)nc1C(=O)OC(C)(C)C. The molecule has 8 aromatic rings. The van der Waals surface area contributed by atoms with Gasteiger partial charge < -0.3 is 19.7 Å². The molecule has 1 atom stereocenters. The van der Waals surface area contributed by atoms with Gasteiger partial charge in [0.1, 0.15) is 22.9 Å². The normalized spacial score (nSPS) is 14.8. The number of carbonyl (C=O) groups excluding carboxylic acids is 5. The summed E-state index contributed by atoms with van der Waals surface area (Å²) in [6, 6.07) is 34.8. The smallest absolute Gasteiger partial charge is 0.358 e. The van der Waals surface area contributed by atoms with Gasteiger partial charge in [-0.2, -0.15) is 5.10 Å². The summed E-state index contributed by atoms with van der Waals surface area (Å²) < 4.78 is 15.6. The van der Waals surface area contributed by atoms with E-state index in [-0.39, 0.29) is 42.2 Å². The van der Waals surface area contributed by atoms with Crippen LogP contribution in [-0.4, -0.2) is 61.5 Å². The molecule has 5 aromatic carbocycles. The first-order valence-corrected chi connectivity index (χ1v) is 26.9. The molecule has 1 fully saturated rings. The molecule has 5 heterocycles. The van der Waals surface area contributed by atoms with Crippen molar-refractivity contribution in [3.63, 3.8) is 0 Å². The molecule has 2 aliphatic heterocycles. The van der Waals surface area contributed by atoms with Crippen molar-refractivity contribution in [1.29, 1.82) is 0 Å². The van der Waals surface area contributed by atoms with Gasteiger partial charge in [0.15, 0.2) is 10.8 Å². The molecule has 10 rings (SSSR count). The number of pyridine rings is 1. The molecule has 3 N–H and O–H groups in total. The van der Waals surface area contributed by atoms with Crippen molar-refractivity contribution in [2.45, 2.75) is 110 Å². The van der Waals surface area contributed by atoms with Crippen LogP contribution in [0.5, 0.6) is 11.5 Å². The number of imide groups is 1. The van der Waals surface area contributed by atoms with E-state index in [9.17, 15) is 24.0 Å². The minimum atomic E-state index is -0.812. The van der Waals surface area contributed by atoms with E-state index in [0.29, 0.717) is 83.7 Å². The number of rotatable bonds is 13. The summed E-state index contributed by atoms with van der Waals surface area (Å²) in [4.78, 5) is 78.4. The fraction of sp³-hybridized carbons (Fsp3) is 0.311. The van der Waals surface area contributed by atoms with Crippen LogP contribution in [0.2, 0.25) is 0 Å². The van der Waals surface area contributed by atoms with Crippen LogP contribution in [0.15, 0.2) is 109 Å². The number of para-hydroxylation sites is 2. The average molecular weight is 1050 g/mol. The standard InChI is InChI=1S/C61H62N8O7S/c1-35-39(19-15-23-47(35)75-48-22-11-9-16-37(48)18-14-25-51(70)62-38-26-27-41-46(32-38)68(8)67-54(41)42-28-29-52(71)65-57(42)73)53-44(60(2,3)4)33-50(64-55(53)58(74)76-61(5,6)7)69-31-30-36-17-13-20-40(43(36)34-69)56(72)66-59-63-45-21-10-12-24-49(45)77-59/h9-13,15-17,19-24,26-27,32-33,42H,14,18,25,28-31,34H2,1-8H3,(H,62,70)(H,63,66,72)(H,65,71,73). The molecule has 4 amide bonds. The molecule has 0 spiro atoms. The second kappa shape index (κ2) is 21.1. The van der Waals surface area contributed by atoms with Crippen LogP contribution in [0.3, 0.4) is 0 Å². The molecule has 77 heavy (non-hydrogen) atoms. The quantitative estimate of drug-likeness (QED) is 0.0737. The summed E-state index contributed by atoms with van der Waals surface area (Å²) in [6.45, 7) is 14.9. The van der Waals surface area contributed by atoms with Crippen molar-refractivity contribution < 1.29 is 33.4 Å². The zero-order chi connectivity index (χ0) is 54.3. The van der Waals surface area contributed by atoms with E-state index in [1.807, 2.05) is 119 Å². The lowest BCUT2D eigenvalue weighted by molar-refractivity contribution is -0.134. The maximum Gasteiger partial charge on any atom is 0.358 e. The Morgan fingerprint density at radius 1 is 0.844 bits per heavy atom. The van der Waals surface area contributed by atoms with Crippen molar-refractivity contribution in [3.8, 4) is 22.6 Å². The van der Waals surface area contributed by atoms with Gasteiger partial charge in [-0.25, -0.2) is 14.8 Å². The molecular formula is C61H62N8O7S. The Hall–Kier alpha value is -8.24. The van der Waals surface area contributed by atoms with Crippen LogP contribution in [0, 0.1) is 6.92 Å². The average Bonchev–Trinajstić information content (AvgIpc) is 4.01. The van der Waals surface area contributed by atoms with E-state index < -0.39 is 22.9 Å². The van der Waals surface area contributed by atoms with Gasteiger partial charge in [-0.05, 0) is 147 Å². The van der Waals surface area contributed by atoms with Crippen LogP contribution in [0.4, 0.5) is 16.6 Å². The maximum atomic E-state index is 14.6. The van der Waals surface area contributed by atoms with E-state index in [0.717, 1.165) is 54.5 Å². The maximum absolute atomic E-state index is 14.6. The Morgan fingerprint density at radius 2 is 1.61 bits per heavy atom. The molecule has 16 heteroatoms. The summed E-state index contributed by atoms with van der Waals surface area (Å²) >= 11 is 1.44. The molecule has 1 unspecified atom stereocenters. The highest BCUT2D eigenvalue weighted by molar-refractivity contribution is 7.22. The topological polar surface area (TPSA) is 187 Å². The number of nitrogens with zero attached hydrogens (tertiary/aromatic N) is 5. The van der Waals surface area contributed by atoms with Gasteiger partial charge in [-0.1, -0.05) is 86.7 Å². The predicted octanol–water partition coefficient (Wildman–Crippen LogP) is 11.9. The van der Waals surface area contributed by atoms with Crippen molar-refractivity contribution in [3.05, 3.63) is 154 Å². The number of aromatic nitrogens is 4. The summed E-state index contributed by atoms with van der Waals surface area (Å²) in [7, 11) is 1.79. The van der Waals surface area contributed by atoms with E-state index in [2.05, 4.69) is 63.8 Å². The zero-order valence-electron chi connectivity index (χ0n) is 44.6. The monoisotopic (exact) mass is 1050 g/mol. The number of aryl methyl sites for hydroxylation is 2. The minimum absolute atomic E-state index is 0.146. The first-order chi connectivity index (χ1) is 36.8. The number of carbonyl (C=O) groups is 5. The number of hydrogen-bond donors (Lipinski definition) is 3. The van der Waals surface area contributed by atoms with Gasteiger partial charge in [0.05, 0.1) is 27.3 Å². The largest absolute Gasteiger partial charge is 0.457 e. The number of piperidine rings is 1. The Morgan fingerprint density at radius 3 is 2.39 bits per heavy atom. The van der Waals surface area contributed by atoms with Gasteiger partial charge in [-0.3, -0.25) is 34.5 Å². The highest BCUT2D eigenvalue weighted by atomic mass is 32.1. The van der Waals surface area contributed by atoms with Gasteiger partial charge in [0.25, 0.3) is 5.91 Å². The fourth-order valence-electron chi connectivity index (χ4n) is 10.3. The molecule has 2 aliphatic rings. The lowest BCUT2D eigenvalue weighted by atomic mass is 9.80. The van der Waals surface area contributed by atoms with Crippen LogP contribution in [-0.2, 0) is 51.0 Å². The number of esters is 1. The number of ether oxygens (including phenoxy) is 2. The first-order valence-electron chi connectivity index (χ1n) is 26.1. The van der Waals surface area contributed by atoms with Crippen molar-refractivity contribution >= 4 is 78.7 Å². The third-order valence-corrected chi connectivity index (χ3v) is 15.0. The predicted molar refractivity (Wildman–Crippen MR) is 301 cm³/mol. The second-order valence-corrected chi connectivity index (χ2v) is 22.9. The number of nitrogens with one attached hydrogen (secondary N) is 3. The molecular weight excluding hydrogens is 989 g/mol. The van der Waals surface area contributed by atoms with E-state index in [1.165, 1.54) is 11.3 Å². The van der Waals surface area contributed by atoms with Crippen LogP contribution < -0.4 is 25.6 Å². The third kappa shape index (κ3) is 11.2. The van der Waals surface area contributed by atoms with E-state index in [4.69, 9.17) is 14.5 Å². The molecule has 0 aliphatic carbocycles. The zero-order valence-corrected chi connectivity index (χ0v) is 45.4. The van der Waals surface area contributed by atoms with E-state index in [1.54, 1.807) is 17.8 Å². The van der Waals surface area contributed by atoms with Gasteiger partial charge in [0.2, 0.25) is 17.7 Å². The van der Waals surface area contributed by atoms with Crippen molar-refractivity contribution in [2.75, 3.05) is 22.1 Å². The second-order valence-electron chi connectivity index (χ2n) is 21.8. The van der Waals surface area contributed by atoms with Crippen molar-refractivity contribution in [2.24, 2.45) is 7.05 Å². The molecule has 394 valence electrons. The van der Waals surface area contributed by atoms with Gasteiger partial charge >= 0.3 is 5.97 Å². The van der Waals surface area contributed by atoms with Gasteiger partial charge in [-0.15, -0.1) is 0 Å². The number of amides is 4. The van der Waals surface area contributed by atoms with Crippen molar-refractivity contribution in [1.82, 2.24) is 25.1 Å². The summed E-state index contributed by atoms with van der Waals surface area (Å²) in [5.74, 6) is -0.223. The Bertz CT molecular complexity index is 3630. The molecule has 1 saturated heterocycles. The third-order valence-electron chi connectivity index (χ3n) is 14.1. The Labute approximate surface area is 451 Å². The molecule has 15 nitrogen and oxygen atoms in total. The minimum Gasteiger partial charge on any atom is -0.457 e. The van der Waals surface area contributed by atoms with Crippen LogP contribution in [0.25, 0.3) is 32.2 Å². The molecule has 0 radical (unpaired) electrons. The highest BCUT2D eigenvalue weighted by Crippen LogP contribution is 2.43. The number of benzene rings is 5. The van der Waals surface area contributed by atoms with E-state index >= 15 is 0 Å². The number of fused-ring (bicyclic) bond motifs is 3. The molecule has 0 saturated carbocycles. The number of thiazole rings is 1. The molecule has 0 bridgehead atoms. The summed E-state index contributed by atoms with van der Waals surface area (Å²) in [6.07, 6.45) is 2.69. The van der Waals surface area contributed by atoms with Gasteiger partial charge in [0, 0.05) is 55.2 Å². The van der Waals surface area contributed by atoms with Crippen LogP contribution >= 0.6 is 11.3 Å². The summed E-state index contributed by atoms with van der Waals surface area (Å²) in [5.41, 5.74) is 8.31. The first kappa shape index (κ1) is 52.2. The van der Waals surface area contributed by atoms with Crippen LogP contribution in [0.1, 0.15) is 128 Å². The fourth-order valence-corrected chi connectivity index (χ4v) is 11.1. The summed E-state index contributed by atoms with van der Waals surface area (Å²) in [5, 5.41) is 14.4. The lowest BCUT2D eigenvalue weighted by Crippen LogP contribution is -2.39. The number of hydrogen-bond acceptors (Lipinski definition) is 12. The molecule has 3 aromatic heterocycles. The number of anilines is 3. The lowest BCUT2D eigenvalue weighted by Gasteiger charge is -2.34. The highest BCUT2D eigenvalue weighted by Gasteiger charge is 2.34.